The molecule has 3 aromatic rings. The molecule has 1 N–H and O–H groups in total. The number of urea groups is 1. The number of imidazole rings is 1. The minimum absolute atomic E-state index is 0.0522. The van der Waals surface area contributed by atoms with Crippen molar-refractivity contribution < 1.29 is 18.0 Å². The third-order valence-corrected chi connectivity index (χ3v) is 5.13. The fourth-order valence-corrected chi connectivity index (χ4v) is 3.73. The van der Waals surface area contributed by atoms with Crippen molar-refractivity contribution >= 4 is 22.9 Å². The zero-order valence-electron chi connectivity index (χ0n) is 15.8. The number of rotatable bonds is 3. The first-order valence-electron chi connectivity index (χ1n) is 9.41. The van der Waals surface area contributed by atoms with Crippen molar-refractivity contribution in [3.8, 4) is 0 Å². The lowest BCUT2D eigenvalue weighted by molar-refractivity contribution is -0.137. The number of fused-ring (bicyclic) bond motifs is 1. The van der Waals surface area contributed by atoms with Crippen molar-refractivity contribution in [2.24, 2.45) is 0 Å². The molecule has 9 heteroatoms. The molecule has 0 spiro atoms. The summed E-state index contributed by atoms with van der Waals surface area (Å²) in [6.07, 6.45) is -1.99. The van der Waals surface area contributed by atoms with Gasteiger partial charge in [0.1, 0.15) is 11.3 Å². The lowest BCUT2D eigenvalue weighted by Gasteiger charge is -2.18. The molecule has 2 aromatic heterocycles. The molecule has 0 aliphatic carbocycles. The highest BCUT2D eigenvalue weighted by Crippen LogP contribution is 2.32. The van der Waals surface area contributed by atoms with Crippen LogP contribution in [0.1, 0.15) is 30.7 Å². The van der Waals surface area contributed by atoms with E-state index in [0.717, 1.165) is 42.1 Å². The first-order valence-corrected chi connectivity index (χ1v) is 9.41. The molecule has 1 fully saturated rings. The van der Waals surface area contributed by atoms with Gasteiger partial charge >= 0.3 is 12.2 Å². The second-order valence-corrected chi connectivity index (χ2v) is 7.00. The van der Waals surface area contributed by atoms with Gasteiger partial charge in [0.25, 0.3) is 0 Å². The number of nitrogens with one attached hydrogen (secondary N) is 1. The van der Waals surface area contributed by atoms with E-state index in [1.165, 1.54) is 12.1 Å². The average Bonchev–Trinajstić information content (AvgIpc) is 3.32. The first-order chi connectivity index (χ1) is 13.9. The largest absolute Gasteiger partial charge is 0.416 e. The number of pyridine rings is 1. The highest BCUT2D eigenvalue weighted by molar-refractivity contribution is 5.89. The smallest absolute Gasteiger partial charge is 0.324 e. The monoisotopic (exact) mass is 403 g/mol. The molecule has 1 atom stereocenters. The summed E-state index contributed by atoms with van der Waals surface area (Å²) in [5, 5.41) is 2.57. The van der Waals surface area contributed by atoms with Crippen molar-refractivity contribution in [2.45, 2.75) is 32.0 Å². The van der Waals surface area contributed by atoms with Crippen LogP contribution in [0.4, 0.5) is 23.7 Å². The summed E-state index contributed by atoms with van der Waals surface area (Å²) >= 11 is 0. The maximum absolute atomic E-state index is 12.9. The van der Waals surface area contributed by atoms with Crippen LogP contribution in [-0.2, 0) is 12.7 Å². The highest BCUT2D eigenvalue weighted by atomic mass is 19.4. The van der Waals surface area contributed by atoms with Crippen LogP contribution in [0.25, 0.3) is 11.2 Å². The predicted octanol–water partition coefficient (Wildman–Crippen LogP) is 4.49. The summed E-state index contributed by atoms with van der Waals surface area (Å²) in [5.74, 6) is 0.937. The maximum atomic E-state index is 12.9. The molecule has 0 radical (unpaired) electrons. The molecule has 1 aromatic carbocycles. The van der Waals surface area contributed by atoms with E-state index in [-0.39, 0.29) is 11.6 Å². The number of hydrogen-bond acceptors (Lipinski definition) is 3. The summed E-state index contributed by atoms with van der Waals surface area (Å²) in [5.41, 5.74) is 0.963. The minimum Gasteiger partial charge on any atom is -0.324 e. The Morgan fingerprint density at radius 1 is 1.28 bits per heavy atom. The number of nitrogens with zero attached hydrogens (tertiary/aromatic N) is 4. The summed E-state index contributed by atoms with van der Waals surface area (Å²) < 4.78 is 40.7. The normalized spacial score (nSPS) is 17.1. The number of carbonyl (C=O) groups is 1. The number of aromatic nitrogens is 3. The predicted molar refractivity (Wildman–Crippen MR) is 103 cm³/mol. The van der Waals surface area contributed by atoms with E-state index in [2.05, 4.69) is 10.3 Å². The molecule has 2 amide bonds. The van der Waals surface area contributed by atoms with Gasteiger partial charge in [-0.05, 0) is 43.7 Å². The second-order valence-electron chi connectivity index (χ2n) is 7.00. The van der Waals surface area contributed by atoms with Crippen LogP contribution in [0.5, 0.6) is 0 Å². The summed E-state index contributed by atoms with van der Waals surface area (Å²) in [7, 11) is 0. The lowest BCUT2D eigenvalue weighted by atomic mass is 10.1. The molecule has 152 valence electrons. The van der Waals surface area contributed by atoms with Gasteiger partial charge in [-0.15, -0.1) is 0 Å². The van der Waals surface area contributed by atoms with Crippen molar-refractivity contribution in [3.63, 3.8) is 0 Å². The van der Waals surface area contributed by atoms with E-state index in [1.54, 1.807) is 11.1 Å². The Morgan fingerprint density at radius 3 is 2.86 bits per heavy atom. The minimum atomic E-state index is -4.45. The van der Waals surface area contributed by atoms with Crippen molar-refractivity contribution in [3.05, 3.63) is 54.0 Å². The van der Waals surface area contributed by atoms with Gasteiger partial charge in [0.2, 0.25) is 0 Å². The van der Waals surface area contributed by atoms with Gasteiger partial charge in [-0.3, -0.25) is 0 Å². The molecule has 6 nitrogen and oxygen atoms in total. The Kier molecular flexibility index (Phi) is 4.89. The number of hydrogen-bond donors (Lipinski definition) is 1. The second kappa shape index (κ2) is 7.38. The fourth-order valence-electron chi connectivity index (χ4n) is 3.73. The van der Waals surface area contributed by atoms with Crippen LogP contribution in [-0.4, -0.2) is 38.6 Å². The number of aryl methyl sites for hydroxylation is 1. The molecular formula is C20H20F3N5O. The van der Waals surface area contributed by atoms with Crippen LogP contribution in [0.3, 0.4) is 0 Å². The van der Waals surface area contributed by atoms with Gasteiger partial charge in [-0.2, -0.15) is 13.2 Å². The van der Waals surface area contributed by atoms with E-state index in [9.17, 15) is 18.0 Å². The van der Waals surface area contributed by atoms with Gasteiger partial charge in [0, 0.05) is 37.4 Å². The zero-order chi connectivity index (χ0) is 20.6. The third-order valence-electron chi connectivity index (χ3n) is 5.13. The highest BCUT2D eigenvalue weighted by Gasteiger charge is 2.32. The summed E-state index contributed by atoms with van der Waals surface area (Å²) in [4.78, 5) is 23.3. The van der Waals surface area contributed by atoms with E-state index in [4.69, 9.17) is 4.98 Å². The summed E-state index contributed by atoms with van der Waals surface area (Å²) in [6, 6.07) is 7.97. The molecule has 3 heterocycles. The van der Waals surface area contributed by atoms with Crippen molar-refractivity contribution in [1.29, 1.82) is 0 Å². The van der Waals surface area contributed by atoms with Gasteiger partial charge in [0.15, 0.2) is 5.65 Å². The molecule has 1 aliphatic rings. The topological polar surface area (TPSA) is 63.1 Å². The van der Waals surface area contributed by atoms with Crippen LogP contribution < -0.4 is 5.32 Å². The average molecular weight is 403 g/mol. The zero-order valence-corrected chi connectivity index (χ0v) is 15.8. The Hall–Kier alpha value is -3.10. The van der Waals surface area contributed by atoms with Crippen LogP contribution in [0.15, 0.2) is 42.6 Å². The summed E-state index contributed by atoms with van der Waals surface area (Å²) in [6.45, 7) is 3.70. The van der Waals surface area contributed by atoms with Gasteiger partial charge in [-0.1, -0.05) is 6.07 Å². The van der Waals surface area contributed by atoms with E-state index in [0.29, 0.717) is 13.1 Å². The van der Waals surface area contributed by atoms with Crippen molar-refractivity contribution in [1.82, 2.24) is 19.4 Å². The molecular weight excluding hydrogens is 383 g/mol. The molecule has 1 aliphatic heterocycles. The Balaban J connectivity index is 1.48. The van der Waals surface area contributed by atoms with E-state index >= 15 is 0 Å². The Morgan fingerprint density at radius 2 is 2.10 bits per heavy atom. The Bertz CT molecular complexity index is 1050. The molecule has 1 saturated heterocycles. The molecule has 1 unspecified atom stereocenters. The Labute approximate surface area is 165 Å². The number of benzene rings is 1. The van der Waals surface area contributed by atoms with Crippen molar-refractivity contribution in [2.75, 3.05) is 18.4 Å². The first kappa shape index (κ1) is 19.2. The molecule has 0 saturated carbocycles. The SMILES string of the molecule is CCn1c(C2CCN(C(=O)Nc3cccc(C(F)(F)F)c3)C2)nc2cccnc21. The number of likely N-dealkylation sites (tertiary alicyclic amines) is 1. The van der Waals surface area contributed by atoms with Gasteiger partial charge < -0.3 is 14.8 Å². The van der Waals surface area contributed by atoms with Gasteiger partial charge in [-0.25, -0.2) is 14.8 Å². The standard InChI is InChI=1S/C20H20F3N5O/c1-2-28-17(26-16-7-4-9-24-18(16)28)13-8-10-27(12-13)19(29)25-15-6-3-5-14(11-15)20(21,22)23/h3-7,9,11,13H,2,8,10,12H2,1H3,(H,25,29). The molecule has 4 rings (SSSR count). The number of carbonyl (C=O) groups excluding carboxylic acids is 1. The van der Waals surface area contributed by atoms with E-state index < -0.39 is 17.8 Å². The van der Waals surface area contributed by atoms with Crippen LogP contribution >= 0.6 is 0 Å². The molecule has 29 heavy (non-hydrogen) atoms. The number of amides is 2. The van der Waals surface area contributed by atoms with Crippen LogP contribution in [0, 0.1) is 0 Å². The quantitative estimate of drug-likeness (QED) is 0.701. The van der Waals surface area contributed by atoms with Gasteiger partial charge in [0.05, 0.1) is 5.56 Å². The fraction of sp³-hybridized carbons (Fsp3) is 0.350. The third kappa shape index (κ3) is 3.76. The number of halogens is 3. The number of alkyl halides is 3. The lowest BCUT2D eigenvalue weighted by Crippen LogP contribution is -2.33. The maximum Gasteiger partial charge on any atom is 0.416 e. The van der Waals surface area contributed by atoms with E-state index in [1.807, 2.05) is 23.6 Å². The molecule has 0 bridgehead atoms. The van der Waals surface area contributed by atoms with Crippen LogP contribution in [0.2, 0.25) is 0 Å². The number of anilines is 1.